The molecule has 0 saturated carbocycles. The molecule has 0 bridgehead atoms. The van der Waals surface area contributed by atoms with Crippen LogP contribution in [0, 0.1) is 0 Å². The highest BCUT2D eigenvalue weighted by Gasteiger charge is 2.12. The third-order valence-electron chi connectivity index (χ3n) is 3.34. The Bertz CT molecular complexity index is 444. The second-order valence-electron chi connectivity index (χ2n) is 4.94. The average molecular weight is 282 g/mol. The number of likely N-dealkylation sites (tertiary alicyclic amines) is 1. The Morgan fingerprint density at radius 2 is 2.11 bits per heavy atom. The van der Waals surface area contributed by atoms with Crippen molar-refractivity contribution in [2.75, 3.05) is 30.7 Å². The molecular weight excluding hydrogens is 262 g/mol. The molecule has 3 N–H and O–H groups in total. The SMILES string of the molecule is Nc1ccc(NC(=O)CCCN2CCCC2)c(Cl)c1. The summed E-state index contributed by atoms with van der Waals surface area (Å²) in [5.41, 5.74) is 6.83. The van der Waals surface area contributed by atoms with Gasteiger partial charge in [-0.3, -0.25) is 4.79 Å². The lowest BCUT2D eigenvalue weighted by Gasteiger charge is -2.14. The van der Waals surface area contributed by atoms with Crippen molar-refractivity contribution in [1.82, 2.24) is 4.90 Å². The van der Waals surface area contributed by atoms with E-state index in [0.717, 1.165) is 13.0 Å². The van der Waals surface area contributed by atoms with E-state index in [1.165, 1.54) is 25.9 Å². The Hall–Kier alpha value is -1.26. The van der Waals surface area contributed by atoms with Crippen LogP contribution in [0.5, 0.6) is 0 Å². The monoisotopic (exact) mass is 281 g/mol. The van der Waals surface area contributed by atoms with Crippen LogP contribution in [-0.4, -0.2) is 30.4 Å². The molecule has 1 aliphatic heterocycles. The van der Waals surface area contributed by atoms with E-state index in [-0.39, 0.29) is 5.91 Å². The van der Waals surface area contributed by atoms with Gasteiger partial charge in [0.05, 0.1) is 10.7 Å². The largest absolute Gasteiger partial charge is 0.399 e. The van der Waals surface area contributed by atoms with Gasteiger partial charge < -0.3 is 16.0 Å². The number of carbonyl (C=O) groups is 1. The summed E-state index contributed by atoms with van der Waals surface area (Å²) in [6, 6.07) is 5.10. The maximum Gasteiger partial charge on any atom is 0.224 e. The van der Waals surface area contributed by atoms with E-state index in [4.69, 9.17) is 17.3 Å². The standard InChI is InChI=1S/C14H20ClN3O/c15-12-10-11(16)5-6-13(12)17-14(19)4-3-9-18-7-1-2-8-18/h5-6,10H,1-4,7-9,16H2,(H,17,19). The molecule has 0 unspecified atom stereocenters. The third-order valence-corrected chi connectivity index (χ3v) is 3.66. The molecule has 104 valence electrons. The van der Waals surface area contributed by atoms with Crippen molar-refractivity contribution in [3.63, 3.8) is 0 Å². The maximum atomic E-state index is 11.8. The van der Waals surface area contributed by atoms with Crippen molar-refractivity contribution in [1.29, 1.82) is 0 Å². The summed E-state index contributed by atoms with van der Waals surface area (Å²) in [6.45, 7) is 3.35. The van der Waals surface area contributed by atoms with Gasteiger partial charge >= 0.3 is 0 Å². The van der Waals surface area contributed by atoms with Crippen molar-refractivity contribution in [3.8, 4) is 0 Å². The summed E-state index contributed by atoms with van der Waals surface area (Å²) in [5, 5.41) is 3.30. The topological polar surface area (TPSA) is 58.4 Å². The predicted octanol–water partition coefficient (Wildman–Crippen LogP) is 2.74. The van der Waals surface area contributed by atoms with Gasteiger partial charge in [-0.2, -0.15) is 0 Å². The molecule has 19 heavy (non-hydrogen) atoms. The molecule has 1 aliphatic rings. The fourth-order valence-electron chi connectivity index (χ4n) is 2.31. The van der Waals surface area contributed by atoms with Gasteiger partial charge in [-0.1, -0.05) is 11.6 Å². The van der Waals surface area contributed by atoms with Gasteiger partial charge in [0.15, 0.2) is 0 Å². The molecule has 0 spiro atoms. The highest BCUT2D eigenvalue weighted by Crippen LogP contribution is 2.24. The minimum atomic E-state index is 0.00543. The highest BCUT2D eigenvalue weighted by atomic mass is 35.5. The van der Waals surface area contributed by atoms with Gasteiger partial charge in [0.1, 0.15) is 0 Å². The first-order chi connectivity index (χ1) is 9.15. The van der Waals surface area contributed by atoms with Crippen LogP contribution in [-0.2, 0) is 4.79 Å². The number of amides is 1. The summed E-state index contributed by atoms with van der Waals surface area (Å²) in [6.07, 6.45) is 3.98. The summed E-state index contributed by atoms with van der Waals surface area (Å²) < 4.78 is 0. The second-order valence-corrected chi connectivity index (χ2v) is 5.35. The smallest absolute Gasteiger partial charge is 0.224 e. The normalized spacial score (nSPS) is 15.6. The van der Waals surface area contributed by atoms with Crippen molar-refractivity contribution < 1.29 is 4.79 Å². The first kappa shape index (κ1) is 14.2. The zero-order chi connectivity index (χ0) is 13.7. The van der Waals surface area contributed by atoms with Crippen molar-refractivity contribution >= 4 is 28.9 Å². The van der Waals surface area contributed by atoms with E-state index < -0.39 is 0 Å². The second kappa shape index (κ2) is 6.78. The maximum absolute atomic E-state index is 11.8. The van der Waals surface area contributed by atoms with Crippen LogP contribution in [0.15, 0.2) is 18.2 Å². The number of carbonyl (C=O) groups excluding carboxylic acids is 1. The predicted molar refractivity (Wildman–Crippen MR) is 79.4 cm³/mol. The van der Waals surface area contributed by atoms with Gasteiger partial charge in [-0.15, -0.1) is 0 Å². The fourth-order valence-corrected chi connectivity index (χ4v) is 2.55. The van der Waals surface area contributed by atoms with Crippen LogP contribution >= 0.6 is 11.6 Å². The first-order valence-corrected chi connectivity index (χ1v) is 7.10. The van der Waals surface area contributed by atoms with E-state index in [2.05, 4.69) is 10.2 Å². The average Bonchev–Trinajstić information content (AvgIpc) is 2.86. The molecule has 1 heterocycles. The zero-order valence-corrected chi connectivity index (χ0v) is 11.7. The summed E-state index contributed by atoms with van der Waals surface area (Å²) in [7, 11) is 0. The lowest BCUT2D eigenvalue weighted by atomic mass is 10.2. The molecule has 0 radical (unpaired) electrons. The fraction of sp³-hybridized carbons (Fsp3) is 0.500. The van der Waals surface area contributed by atoms with Gasteiger partial charge in [-0.25, -0.2) is 0 Å². The number of anilines is 2. The number of nitrogens with zero attached hydrogens (tertiary/aromatic N) is 1. The van der Waals surface area contributed by atoms with Gasteiger partial charge in [0.2, 0.25) is 5.91 Å². The quantitative estimate of drug-likeness (QED) is 0.816. The molecule has 4 nitrogen and oxygen atoms in total. The Balaban J connectivity index is 1.74. The number of halogens is 1. The summed E-state index contributed by atoms with van der Waals surface area (Å²) >= 11 is 6.01. The Morgan fingerprint density at radius 3 is 2.79 bits per heavy atom. The molecule has 0 atom stereocenters. The number of benzene rings is 1. The lowest BCUT2D eigenvalue weighted by Crippen LogP contribution is -2.22. The number of rotatable bonds is 5. The number of nitrogen functional groups attached to an aromatic ring is 1. The first-order valence-electron chi connectivity index (χ1n) is 6.72. The molecule has 0 aliphatic carbocycles. The molecule has 1 amide bonds. The summed E-state index contributed by atoms with van der Waals surface area (Å²) in [4.78, 5) is 14.2. The van der Waals surface area contributed by atoms with E-state index >= 15 is 0 Å². The van der Waals surface area contributed by atoms with E-state index in [1.807, 2.05) is 0 Å². The molecule has 1 aromatic rings. The Labute approximate surface area is 118 Å². The third kappa shape index (κ3) is 4.40. The molecule has 1 saturated heterocycles. The molecule has 1 aromatic carbocycles. The van der Waals surface area contributed by atoms with Crippen LogP contribution in [0.2, 0.25) is 5.02 Å². The minimum Gasteiger partial charge on any atom is -0.399 e. The minimum absolute atomic E-state index is 0.00543. The molecule has 5 heteroatoms. The van der Waals surface area contributed by atoms with Crippen LogP contribution < -0.4 is 11.1 Å². The Morgan fingerprint density at radius 1 is 1.37 bits per heavy atom. The van der Waals surface area contributed by atoms with Gasteiger partial charge in [-0.05, 0) is 57.1 Å². The van der Waals surface area contributed by atoms with Gasteiger partial charge in [0.25, 0.3) is 0 Å². The number of hydrogen-bond acceptors (Lipinski definition) is 3. The van der Waals surface area contributed by atoms with E-state index in [0.29, 0.717) is 22.8 Å². The molecule has 0 aromatic heterocycles. The number of nitrogens with two attached hydrogens (primary N) is 1. The lowest BCUT2D eigenvalue weighted by molar-refractivity contribution is -0.116. The molecular formula is C14H20ClN3O. The van der Waals surface area contributed by atoms with Crippen molar-refractivity contribution in [3.05, 3.63) is 23.2 Å². The molecule has 2 rings (SSSR count). The van der Waals surface area contributed by atoms with Crippen LogP contribution in [0.25, 0.3) is 0 Å². The summed E-state index contributed by atoms with van der Waals surface area (Å²) in [5.74, 6) is 0.00543. The number of nitrogens with one attached hydrogen (secondary N) is 1. The van der Waals surface area contributed by atoms with Crippen molar-refractivity contribution in [2.24, 2.45) is 0 Å². The van der Waals surface area contributed by atoms with Crippen LogP contribution in [0.1, 0.15) is 25.7 Å². The van der Waals surface area contributed by atoms with Crippen LogP contribution in [0.3, 0.4) is 0 Å². The highest BCUT2D eigenvalue weighted by molar-refractivity contribution is 6.34. The molecule has 1 fully saturated rings. The van der Waals surface area contributed by atoms with Gasteiger partial charge in [0, 0.05) is 12.1 Å². The zero-order valence-electron chi connectivity index (χ0n) is 11.0. The van der Waals surface area contributed by atoms with E-state index in [9.17, 15) is 4.79 Å². The number of hydrogen-bond donors (Lipinski definition) is 2. The Kier molecular flexibility index (Phi) is 5.05. The van der Waals surface area contributed by atoms with Crippen molar-refractivity contribution in [2.45, 2.75) is 25.7 Å². The van der Waals surface area contributed by atoms with Crippen LogP contribution in [0.4, 0.5) is 11.4 Å². The van der Waals surface area contributed by atoms with E-state index in [1.54, 1.807) is 18.2 Å².